The van der Waals surface area contributed by atoms with Crippen molar-refractivity contribution in [1.82, 2.24) is 0 Å². The molecule has 2 aromatic rings. The van der Waals surface area contributed by atoms with Gasteiger partial charge in [-0.2, -0.15) is 0 Å². The molecule has 0 aliphatic heterocycles. The molecule has 2 N–H and O–H groups in total. The summed E-state index contributed by atoms with van der Waals surface area (Å²) >= 11 is 7.64. The predicted molar refractivity (Wildman–Crippen MR) is 76.5 cm³/mol. The number of ether oxygens (including phenoxy) is 1. The van der Waals surface area contributed by atoms with Gasteiger partial charge in [0.2, 0.25) is 0 Å². The zero-order valence-corrected chi connectivity index (χ0v) is 11.6. The summed E-state index contributed by atoms with van der Waals surface area (Å²) in [7, 11) is 1.67. The second kappa shape index (κ2) is 6.14. The maximum atomic E-state index is 6.03. The molecule has 2 rings (SSSR count). The Kier molecular flexibility index (Phi) is 4.53. The second-order valence-electron chi connectivity index (χ2n) is 3.71. The van der Waals surface area contributed by atoms with Crippen molar-refractivity contribution in [3.05, 3.63) is 53.1 Å². The van der Waals surface area contributed by atoms with Crippen molar-refractivity contribution >= 4 is 23.4 Å². The lowest BCUT2D eigenvalue weighted by molar-refractivity contribution is 0.405. The number of benzene rings is 2. The lowest BCUT2D eigenvalue weighted by Gasteiger charge is -2.10. The molecule has 0 aromatic heterocycles. The molecule has 0 saturated heterocycles. The molecule has 18 heavy (non-hydrogen) atoms. The van der Waals surface area contributed by atoms with Gasteiger partial charge in [-0.3, -0.25) is 0 Å². The molecule has 0 fully saturated rings. The van der Waals surface area contributed by atoms with Crippen molar-refractivity contribution in [2.24, 2.45) is 5.73 Å². The number of hydrogen-bond donors (Lipinski definition) is 1. The molecule has 0 aliphatic rings. The number of rotatable bonds is 4. The molecule has 0 atom stereocenters. The fourth-order valence-electron chi connectivity index (χ4n) is 1.61. The van der Waals surface area contributed by atoms with Crippen molar-refractivity contribution in [1.29, 1.82) is 0 Å². The average Bonchev–Trinajstić information content (AvgIpc) is 2.40. The molecule has 0 radical (unpaired) electrons. The van der Waals surface area contributed by atoms with Crippen LogP contribution in [0.15, 0.2) is 52.3 Å². The molecular weight excluding hydrogens is 266 g/mol. The molecule has 4 heteroatoms. The van der Waals surface area contributed by atoms with Crippen molar-refractivity contribution in [2.45, 2.75) is 16.3 Å². The van der Waals surface area contributed by atoms with E-state index in [1.54, 1.807) is 18.9 Å². The van der Waals surface area contributed by atoms with E-state index in [0.717, 1.165) is 21.1 Å². The minimum atomic E-state index is 0.495. The Bertz CT molecular complexity index is 545. The summed E-state index contributed by atoms with van der Waals surface area (Å²) in [6, 6.07) is 13.6. The molecule has 0 amide bonds. The molecule has 0 unspecified atom stereocenters. The summed E-state index contributed by atoms with van der Waals surface area (Å²) in [4.78, 5) is 2.12. The van der Waals surface area contributed by atoms with Gasteiger partial charge in [-0.15, -0.1) is 0 Å². The third kappa shape index (κ3) is 2.99. The quantitative estimate of drug-likeness (QED) is 0.920. The highest BCUT2D eigenvalue weighted by Gasteiger charge is 2.08. The molecule has 94 valence electrons. The third-order valence-electron chi connectivity index (χ3n) is 2.54. The normalized spacial score (nSPS) is 10.4. The van der Waals surface area contributed by atoms with Gasteiger partial charge in [0.05, 0.1) is 12.0 Å². The van der Waals surface area contributed by atoms with E-state index in [1.807, 2.05) is 42.5 Å². The molecule has 0 heterocycles. The van der Waals surface area contributed by atoms with Crippen LogP contribution in [0.3, 0.4) is 0 Å². The second-order valence-corrected chi connectivity index (χ2v) is 5.23. The van der Waals surface area contributed by atoms with E-state index in [4.69, 9.17) is 22.1 Å². The molecule has 2 aromatic carbocycles. The first-order valence-electron chi connectivity index (χ1n) is 5.54. The van der Waals surface area contributed by atoms with Crippen LogP contribution in [0.1, 0.15) is 5.56 Å². The summed E-state index contributed by atoms with van der Waals surface area (Å²) in [5, 5.41) is 0.713. The highest BCUT2D eigenvalue weighted by Crippen LogP contribution is 2.37. The van der Waals surface area contributed by atoms with Gasteiger partial charge in [0.15, 0.2) is 0 Å². The third-order valence-corrected chi connectivity index (χ3v) is 3.93. The maximum Gasteiger partial charge on any atom is 0.132 e. The number of hydrogen-bond acceptors (Lipinski definition) is 3. The van der Waals surface area contributed by atoms with Crippen LogP contribution < -0.4 is 10.5 Å². The largest absolute Gasteiger partial charge is 0.496 e. The van der Waals surface area contributed by atoms with Crippen molar-refractivity contribution < 1.29 is 4.74 Å². The minimum Gasteiger partial charge on any atom is -0.496 e. The standard InChI is InChI=1S/C14H14ClNOS/c1-17-12-4-2-3-5-13(12)18-14-8-11(15)7-6-10(14)9-16/h2-8H,9,16H2,1H3. The topological polar surface area (TPSA) is 35.2 Å². The van der Waals surface area contributed by atoms with Crippen molar-refractivity contribution in [2.75, 3.05) is 7.11 Å². The Morgan fingerprint density at radius 1 is 1.17 bits per heavy atom. The smallest absolute Gasteiger partial charge is 0.132 e. The molecule has 0 spiro atoms. The molecular formula is C14H14ClNOS. The van der Waals surface area contributed by atoms with E-state index in [9.17, 15) is 0 Å². The Labute approximate surface area is 116 Å². The predicted octanol–water partition coefficient (Wildman–Crippen LogP) is 3.96. The fourth-order valence-corrected chi connectivity index (χ4v) is 2.95. The van der Waals surface area contributed by atoms with E-state index in [0.29, 0.717) is 11.6 Å². The zero-order valence-electron chi connectivity index (χ0n) is 10.0. The van der Waals surface area contributed by atoms with Crippen LogP contribution in [0.5, 0.6) is 5.75 Å². The Morgan fingerprint density at radius 2 is 1.94 bits per heavy atom. The lowest BCUT2D eigenvalue weighted by Crippen LogP contribution is -1.98. The Hall–Kier alpha value is -1.16. The summed E-state index contributed by atoms with van der Waals surface area (Å²) in [5.74, 6) is 0.852. The van der Waals surface area contributed by atoms with Gasteiger partial charge in [-0.25, -0.2) is 0 Å². The summed E-state index contributed by atoms with van der Waals surface area (Å²) in [6.07, 6.45) is 0. The first kappa shape index (κ1) is 13.3. The summed E-state index contributed by atoms with van der Waals surface area (Å²) in [5.41, 5.74) is 6.82. The van der Waals surface area contributed by atoms with Gasteiger partial charge in [0.1, 0.15) is 5.75 Å². The van der Waals surface area contributed by atoms with Gasteiger partial charge < -0.3 is 10.5 Å². The summed E-state index contributed by atoms with van der Waals surface area (Å²) < 4.78 is 5.34. The van der Waals surface area contributed by atoms with Gasteiger partial charge in [0.25, 0.3) is 0 Å². The van der Waals surface area contributed by atoms with Gasteiger partial charge >= 0.3 is 0 Å². The SMILES string of the molecule is COc1ccccc1Sc1cc(Cl)ccc1CN. The van der Waals surface area contributed by atoms with Gasteiger partial charge in [-0.05, 0) is 29.8 Å². The Balaban J connectivity index is 2.36. The number of para-hydroxylation sites is 1. The molecule has 0 saturated carbocycles. The number of nitrogens with two attached hydrogens (primary N) is 1. The molecule has 0 bridgehead atoms. The minimum absolute atomic E-state index is 0.495. The van der Waals surface area contributed by atoms with Gasteiger partial charge in [0, 0.05) is 16.5 Å². The van der Waals surface area contributed by atoms with E-state index in [2.05, 4.69) is 0 Å². The van der Waals surface area contributed by atoms with E-state index < -0.39 is 0 Å². The number of halogens is 1. The maximum absolute atomic E-state index is 6.03. The first-order chi connectivity index (χ1) is 8.74. The fraction of sp³-hybridized carbons (Fsp3) is 0.143. The monoisotopic (exact) mass is 279 g/mol. The van der Waals surface area contributed by atoms with Crippen LogP contribution in [0.2, 0.25) is 5.02 Å². The van der Waals surface area contributed by atoms with Gasteiger partial charge in [-0.1, -0.05) is 41.6 Å². The van der Waals surface area contributed by atoms with Crippen LogP contribution in [0, 0.1) is 0 Å². The van der Waals surface area contributed by atoms with E-state index >= 15 is 0 Å². The molecule has 2 nitrogen and oxygen atoms in total. The average molecular weight is 280 g/mol. The lowest BCUT2D eigenvalue weighted by atomic mass is 10.2. The Morgan fingerprint density at radius 3 is 2.67 bits per heavy atom. The molecule has 0 aliphatic carbocycles. The van der Waals surface area contributed by atoms with Crippen molar-refractivity contribution in [3.8, 4) is 5.75 Å². The highest BCUT2D eigenvalue weighted by atomic mass is 35.5. The highest BCUT2D eigenvalue weighted by molar-refractivity contribution is 7.99. The van der Waals surface area contributed by atoms with Crippen LogP contribution in [0.4, 0.5) is 0 Å². The van der Waals surface area contributed by atoms with Crippen LogP contribution >= 0.6 is 23.4 Å². The van der Waals surface area contributed by atoms with E-state index in [-0.39, 0.29) is 0 Å². The zero-order chi connectivity index (χ0) is 13.0. The van der Waals surface area contributed by atoms with Crippen LogP contribution in [-0.2, 0) is 6.54 Å². The van der Waals surface area contributed by atoms with Crippen LogP contribution in [0.25, 0.3) is 0 Å². The number of methoxy groups -OCH3 is 1. The van der Waals surface area contributed by atoms with Crippen molar-refractivity contribution in [3.63, 3.8) is 0 Å². The van der Waals surface area contributed by atoms with Crippen LogP contribution in [-0.4, -0.2) is 7.11 Å². The van der Waals surface area contributed by atoms with E-state index in [1.165, 1.54) is 0 Å². The summed E-state index contributed by atoms with van der Waals surface area (Å²) in [6.45, 7) is 0.495. The first-order valence-corrected chi connectivity index (χ1v) is 6.73.